The van der Waals surface area contributed by atoms with Gasteiger partial charge in [-0.25, -0.2) is 0 Å². The number of nitro groups is 1. The van der Waals surface area contributed by atoms with Crippen molar-refractivity contribution in [3.63, 3.8) is 0 Å². The van der Waals surface area contributed by atoms with Crippen LogP contribution in [0.4, 0.5) is 5.69 Å². The van der Waals surface area contributed by atoms with Gasteiger partial charge in [-0.05, 0) is 25.8 Å². The van der Waals surface area contributed by atoms with Crippen LogP contribution in [0.3, 0.4) is 0 Å². The molecule has 0 aliphatic heterocycles. The highest BCUT2D eigenvalue weighted by Gasteiger charge is 2.21. The minimum atomic E-state index is -0.453. The van der Waals surface area contributed by atoms with Gasteiger partial charge in [-0.2, -0.15) is 5.10 Å². The summed E-state index contributed by atoms with van der Waals surface area (Å²) < 4.78 is 0. The van der Waals surface area contributed by atoms with Crippen LogP contribution in [0.5, 0.6) is 0 Å². The van der Waals surface area contributed by atoms with Crippen molar-refractivity contribution >= 4 is 22.9 Å². The van der Waals surface area contributed by atoms with E-state index < -0.39 is 4.92 Å². The van der Waals surface area contributed by atoms with Crippen LogP contribution in [0, 0.1) is 17.0 Å². The molecule has 1 N–H and O–H groups in total. The van der Waals surface area contributed by atoms with Crippen LogP contribution < -0.4 is 0 Å². The number of rotatable bonds is 7. The molecular formula is C19H20N4O3S. The number of nitrogens with one attached hydrogen (secondary N) is 1. The van der Waals surface area contributed by atoms with E-state index >= 15 is 0 Å². The molecule has 0 radical (unpaired) electrons. The minimum Gasteiger partial charge on any atom is -0.341 e. The predicted octanol–water partition coefficient (Wildman–Crippen LogP) is 4.06. The number of nitrogens with zero attached hydrogens (tertiary/aromatic N) is 3. The first kappa shape index (κ1) is 18.8. The summed E-state index contributed by atoms with van der Waals surface area (Å²) in [6, 6.07) is 13.3. The molecule has 3 rings (SSSR count). The summed E-state index contributed by atoms with van der Waals surface area (Å²) in [5.41, 5.74) is 2.97. The number of hydrogen-bond donors (Lipinski definition) is 1. The maximum atomic E-state index is 12.5. The van der Waals surface area contributed by atoms with Crippen molar-refractivity contribution in [3.8, 4) is 11.3 Å². The maximum absolute atomic E-state index is 12.5. The SMILES string of the molecule is Cc1sc(C(=O)N(C)CCCc2cc(-c3ccccc3)n[nH]2)cc1[N+](=O)[O-]. The third-order valence-electron chi connectivity index (χ3n) is 4.29. The van der Waals surface area contributed by atoms with Crippen LogP contribution >= 0.6 is 11.3 Å². The van der Waals surface area contributed by atoms with Gasteiger partial charge in [0.2, 0.25) is 0 Å². The quantitative estimate of drug-likeness (QED) is 0.491. The number of H-pyrrole nitrogens is 1. The second-order valence-electron chi connectivity index (χ2n) is 6.28. The van der Waals surface area contributed by atoms with E-state index in [0.717, 1.165) is 41.1 Å². The molecule has 140 valence electrons. The van der Waals surface area contributed by atoms with Gasteiger partial charge in [0.05, 0.1) is 20.4 Å². The van der Waals surface area contributed by atoms with E-state index in [2.05, 4.69) is 10.2 Å². The third-order valence-corrected chi connectivity index (χ3v) is 5.31. The number of aryl methyl sites for hydroxylation is 2. The number of hydrogen-bond acceptors (Lipinski definition) is 5. The van der Waals surface area contributed by atoms with E-state index in [0.29, 0.717) is 16.3 Å². The van der Waals surface area contributed by atoms with E-state index in [4.69, 9.17) is 0 Å². The molecule has 0 aliphatic rings. The zero-order valence-electron chi connectivity index (χ0n) is 15.1. The number of aromatic amines is 1. The molecule has 1 amide bonds. The molecule has 0 bridgehead atoms. The lowest BCUT2D eigenvalue weighted by Gasteiger charge is -2.15. The van der Waals surface area contributed by atoms with Crippen molar-refractivity contribution in [1.29, 1.82) is 0 Å². The molecule has 0 unspecified atom stereocenters. The molecule has 0 saturated heterocycles. The molecule has 3 aromatic rings. The molecule has 2 aromatic heterocycles. The number of carbonyl (C=O) groups is 1. The fourth-order valence-electron chi connectivity index (χ4n) is 2.80. The lowest BCUT2D eigenvalue weighted by molar-refractivity contribution is -0.385. The molecule has 0 atom stereocenters. The molecule has 2 heterocycles. The maximum Gasteiger partial charge on any atom is 0.283 e. The fraction of sp³-hybridized carbons (Fsp3) is 0.263. The van der Waals surface area contributed by atoms with Gasteiger partial charge in [-0.15, -0.1) is 11.3 Å². The highest BCUT2D eigenvalue weighted by molar-refractivity contribution is 7.14. The Hall–Kier alpha value is -3.00. The highest BCUT2D eigenvalue weighted by Crippen LogP contribution is 2.28. The summed E-state index contributed by atoms with van der Waals surface area (Å²) in [5, 5.41) is 18.3. The van der Waals surface area contributed by atoms with Crippen molar-refractivity contribution < 1.29 is 9.72 Å². The van der Waals surface area contributed by atoms with Crippen molar-refractivity contribution in [2.45, 2.75) is 19.8 Å². The average molecular weight is 384 g/mol. The topological polar surface area (TPSA) is 92.1 Å². The second kappa shape index (κ2) is 8.13. The van der Waals surface area contributed by atoms with Gasteiger partial charge in [0.1, 0.15) is 0 Å². The van der Waals surface area contributed by atoms with E-state index in [-0.39, 0.29) is 11.6 Å². The Labute approximate surface area is 160 Å². The molecular weight excluding hydrogens is 364 g/mol. The van der Waals surface area contributed by atoms with Gasteiger partial charge in [-0.3, -0.25) is 20.0 Å². The van der Waals surface area contributed by atoms with Crippen molar-refractivity contribution in [2.75, 3.05) is 13.6 Å². The Morgan fingerprint density at radius 3 is 2.70 bits per heavy atom. The molecule has 0 saturated carbocycles. The zero-order valence-corrected chi connectivity index (χ0v) is 16.0. The molecule has 27 heavy (non-hydrogen) atoms. The van der Waals surface area contributed by atoms with Crippen LogP contribution in [0.1, 0.15) is 26.7 Å². The number of aromatic nitrogens is 2. The Kier molecular flexibility index (Phi) is 5.66. The van der Waals surface area contributed by atoms with Gasteiger partial charge in [0.25, 0.3) is 11.6 Å². The predicted molar refractivity (Wildman–Crippen MR) is 105 cm³/mol. The normalized spacial score (nSPS) is 10.7. The number of amides is 1. The second-order valence-corrected chi connectivity index (χ2v) is 7.54. The average Bonchev–Trinajstić information content (AvgIpc) is 3.28. The van der Waals surface area contributed by atoms with Crippen LogP contribution in [0.25, 0.3) is 11.3 Å². The smallest absolute Gasteiger partial charge is 0.283 e. The summed E-state index contributed by atoms with van der Waals surface area (Å²) in [4.78, 5) is 25.5. The third kappa shape index (κ3) is 4.40. The monoisotopic (exact) mass is 384 g/mol. The fourth-order valence-corrected chi connectivity index (χ4v) is 3.78. The van der Waals surface area contributed by atoms with E-state index in [1.807, 2.05) is 36.4 Å². The minimum absolute atomic E-state index is 0.00245. The first-order chi connectivity index (χ1) is 13.0. The summed E-state index contributed by atoms with van der Waals surface area (Å²) in [6.07, 6.45) is 1.53. The summed E-state index contributed by atoms with van der Waals surface area (Å²) in [5.74, 6) is -0.189. The van der Waals surface area contributed by atoms with Gasteiger partial charge in [0.15, 0.2) is 0 Å². The Bertz CT molecular complexity index is 949. The van der Waals surface area contributed by atoms with E-state index in [1.54, 1.807) is 18.9 Å². The van der Waals surface area contributed by atoms with Gasteiger partial charge < -0.3 is 4.90 Å². The number of carbonyl (C=O) groups excluding carboxylic acids is 1. The van der Waals surface area contributed by atoms with Gasteiger partial charge in [-0.1, -0.05) is 30.3 Å². The Morgan fingerprint density at radius 2 is 2.04 bits per heavy atom. The first-order valence-corrected chi connectivity index (χ1v) is 9.37. The summed E-state index contributed by atoms with van der Waals surface area (Å²) in [7, 11) is 1.71. The molecule has 0 spiro atoms. The summed E-state index contributed by atoms with van der Waals surface area (Å²) >= 11 is 1.16. The standard InChI is InChI=1S/C19H20N4O3S/c1-13-17(23(25)26)12-18(27-13)19(24)22(2)10-6-9-15-11-16(21-20-15)14-7-4-3-5-8-14/h3-5,7-8,11-12H,6,9-10H2,1-2H3,(H,20,21). The molecule has 7 nitrogen and oxygen atoms in total. The summed E-state index contributed by atoms with van der Waals surface area (Å²) in [6.45, 7) is 2.21. The first-order valence-electron chi connectivity index (χ1n) is 8.55. The van der Waals surface area contributed by atoms with E-state index in [9.17, 15) is 14.9 Å². The molecule has 1 aromatic carbocycles. The van der Waals surface area contributed by atoms with Crippen molar-refractivity contribution in [1.82, 2.24) is 15.1 Å². The molecule has 0 aliphatic carbocycles. The Morgan fingerprint density at radius 1 is 1.30 bits per heavy atom. The van der Waals surface area contributed by atoms with Gasteiger partial charge >= 0.3 is 0 Å². The largest absolute Gasteiger partial charge is 0.341 e. The lowest BCUT2D eigenvalue weighted by atomic mass is 10.1. The number of benzene rings is 1. The van der Waals surface area contributed by atoms with E-state index in [1.165, 1.54) is 6.07 Å². The zero-order chi connectivity index (χ0) is 19.4. The number of thiophene rings is 1. The van der Waals surface area contributed by atoms with Gasteiger partial charge in [0, 0.05) is 30.9 Å². The van der Waals surface area contributed by atoms with Crippen LogP contribution in [-0.4, -0.2) is 39.5 Å². The molecule has 0 fully saturated rings. The van der Waals surface area contributed by atoms with Crippen LogP contribution in [-0.2, 0) is 6.42 Å². The Balaban J connectivity index is 1.54. The van der Waals surface area contributed by atoms with Crippen molar-refractivity contribution in [2.24, 2.45) is 0 Å². The van der Waals surface area contributed by atoms with Crippen LogP contribution in [0.2, 0.25) is 0 Å². The van der Waals surface area contributed by atoms with Crippen molar-refractivity contribution in [3.05, 3.63) is 68.0 Å². The highest BCUT2D eigenvalue weighted by atomic mass is 32.1. The lowest BCUT2D eigenvalue weighted by Crippen LogP contribution is -2.27. The van der Waals surface area contributed by atoms with Crippen LogP contribution in [0.15, 0.2) is 42.5 Å². The molecule has 8 heteroatoms.